The van der Waals surface area contributed by atoms with Gasteiger partial charge in [-0.2, -0.15) is 0 Å². The fourth-order valence-electron chi connectivity index (χ4n) is 1.81. The highest BCUT2D eigenvalue weighted by atomic mass is 19.1. The van der Waals surface area contributed by atoms with E-state index >= 15 is 0 Å². The Morgan fingerprint density at radius 2 is 2.11 bits per heavy atom. The first-order valence-electron chi connectivity index (χ1n) is 6.18. The molecule has 1 heterocycles. The summed E-state index contributed by atoms with van der Waals surface area (Å²) in [6, 6.07) is 8.40. The highest BCUT2D eigenvalue weighted by Crippen LogP contribution is 2.29. The summed E-state index contributed by atoms with van der Waals surface area (Å²) in [5.74, 6) is 0.887. The third kappa shape index (κ3) is 3.09. The van der Waals surface area contributed by atoms with Crippen LogP contribution in [0.4, 0.5) is 4.39 Å². The quantitative estimate of drug-likeness (QED) is 0.912. The Morgan fingerprint density at radius 3 is 2.79 bits per heavy atom. The van der Waals surface area contributed by atoms with E-state index in [9.17, 15) is 4.39 Å². The maximum atomic E-state index is 13.1. The second kappa shape index (κ2) is 5.80. The maximum absolute atomic E-state index is 13.1. The first-order chi connectivity index (χ1) is 9.11. The molecule has 1 atom stereocenters. The second-order valence-corrected chi connectivity index (χ2v) is 4.42. The molecular weight excluding hydrogens is 243 g/mol. The lowest BCUT2D eigenvalue weighted by Gasteiger charge is -2.15. The largest absolute Gasteiger partial charge is 0.438 e. The molecule has 1 aromatic carbocycles. The van der Waals surface area contributed by atoms with Gasteiger partial charge in [0, 0.05) is 17.8 Å². The zero-order chi connectivity index (χ0) is 13.8. The van der Waals surface area contributed by atoms with Crippen LogP contribution >= 0.6 is 0 Å². The number of ether oxygens (including phenoxy) is 1. The Balaban J connectivity index is 2.33. The Morgan fingerprint density at radius 1 is 1.32 bits per heavy atom. The molecule has 0 spiro atoms. The topological polar surface area (TPSA) is 34.2 Å². The number of benzene rings is 1. The number of hydrogen-bond donors (Lipinski definition) is 1. The van der Waals surface area contributed by atoms with E-state index < -0.39 is 0 Å². The normalized spacial score (nSPS) is 12.2. The van der Waals surface area contributed by atoms with E-state index in [2.05, 4.69) is 10.3 Å². The molecule has 1 unspecified atom stereocenters. The minimum absolute atomic E-state index is 0.129. The number of pyridine rings is 1. The van der Waals surface area contributed by atoms with Crippen molar-refractivity contribution in [2.45, 2.75) is 19.9 Å². The van der Waals surface area contributed by atoms with E-state index in [0.29, 0.717) is 11.6 Å². The summed E-state index contributed by atoms with van der Waals surface area (Å²) in [5.41, 5.74) is 1.71. The Kier molecular flexibility index (Phi) is 4.12. The zero-order valence-corrected chi connectivity index (χ0v) is 11.3. The minimum Gasteiger partial charge on any atom is -0.438 e. The van der Waals surface area contributed by atoms with Crippen LogP contribution in [0.3, 0.4) is 0 Å². The van der Waals surface area contributed by atoms with Crippen LogP contribution < -0.4 is 10.1 Å². The lowest BCUT2D eigenvalue weighted by atomic mass is 10.1. The van der Waals surface area contributed by atoms with Gasteiger partial charge in [0.2, 0.25) is 5.88 Å². The van der Waals surface area contributed by atoms with E-state index in [4.69, 9.17) is 4.74 Å². The first kappa shape index (κ1) is 13.5. The summed E-state index contributed by atoms with van der Waals surface area (Å²) < 4.78 is 18.9. The lowest BCUT2D eigenvalue weighted by molar-refractivity contribution is 0.442. The summed E-state index contributed by atoms with van der Waals surface area (Å²) in [4.78, 5) is 4.25. The van der Waals surface area contributed by atoms with Crippen molar-refractivity contribution in [3.63, 3.8) is 0 Å². The molecule has 0 radical (unpaired) electrons. The molecule has 0 aliphatic heterocycles. The molecule has 100 valence electrons. The number of aromatic nitrogens is 1. The van der Waals surface area contributed by atoms with Gasteiger partial charge in [-0.25, -0.2) is 9.37 Å². The highest BCUT2D eigenvalue weighted by molar-refractivity contribution is 5.38. The van der Waals surface area contributed by atoms with Crippen molar-refractivity contribution in [3.8, 4) is 11.6 Å². The van der Waals surface area contributed by atoms with Gasteiger partial charge < -0.3 is 10.1 Å². The number of hydrogen-bond acceptors (Lipinski definition) is 3. The van der Waals surface area contributed by atoms with Gasteiger partial charge in [-0.05, 0) is 50.7 Å². The van der Waals surface area contributed by atoms with Crippen LogP contribution in [0.2, 0.25) is 0 Å². The van der Waals surface area contributed by atoms with E-state index in [1.807, 2.05) is 33.0 Å². The molecule has 0 fully saturated rings. The van der Waals surface area contributed by atoms with Crippen LogP contribution in [0.25, 0.3) is 0 Å². The fraction of sp³-hybridized carbons (Fsp3) is 0.267. The summed E-state index contributed by atoms with van der Waals surface area (Å²) >= 11 is 0. The van der Waals surface area contributed by atoms with Crippen LogP contribution in [-0.4, -0.2) is 12.0 Å². The first-order valence-corrected chi connectivity index (χ1v) is 6.18. The van der Waals surface area contributed by atoms with E-state index in [1.165, 1.54) is 12.1 Å². The van der Waals surface area contributed by atoms with Gasteiger partial charge >= 0.3 is 0 Å². The summed E-state index contributed by atoms with van der Waals surface area (Å²) in [5, 5.41) is 3.15. The third-order valence-corrected chi connectivity index (χ3v) is 3.04. The average molecular weight is 260 g/mol. The third-order valence-electron chi connectivity index (χ3n) is 3.04. The standard InChI is InChI=1S/C15H17FN2O/c1-10-9-12(16)6-7-14(10)19-15-13(11(2)17-3)5-4-8-18-15/h4-9,11,17H,1-3H3. The fourth-order valence-corrected chi connectivity index (χ4v) is 1.81. The number of nitrogens with one attached hydrogen (secondary N) is 1. The van der Waals surface area contributed by atoms with Crippen LogP contribution in [0.15, 0.2) is 36.5 Å². The minimum atomic E-state index is -0.269. The maximum Gasteiger partial charge on any atom is 0.223 e. The zero-order valence-electron chi connectivity index (χ0n) is 11.3. The van der Waals surface area contributed by atoms with Crippen LogP contribution in [0, 0.1) is 12.7 Å². The molecule has 0 bridgehead atoms. The molecule has 0 saturated heterocycles. The van der Waals surface area contributed by atoms with Crippen LogP contribution in [-0.2, 0) is 0 Å². The molecule has 0 amide bonds. The van der Waals surface area contributed by atoms with Gasteiger partial charge in [0.15, 0.2) is 0 Å². The number of rotatable bonds is 4. The molecule has 0 aliphatic rings. The molecule has 0 aliphatic carbocycles. The van der Waals surface area contributed by atoms with Gasteiger partial charge in [-0.1, -0.05) is 6.07 Å². The number of halogens is 1. The summed E-state index contributed by atoms with van der Waals surface area (Å²) in [6.07, 6.45) is 1.68. The predicted octanol–water partition coefficient (Wildman–Crippen LogP) is 3.60. The molecule has 4 heteroatoms. The van der Waals surface area contributed by atoms with Gasteiger partial charge in [0.25, 0.3) is 0 Å². The smallest absolute Gasteiger partial charge is 0.223 e. The van der Waals surface area contributed by atoms with Crippen molar-refractivity contribution < 1.29 is 9.13 Å². The molecule has 19 heavy (non-hydrogen) atoms. The molecule has 3 nitrogen and oxygen atoms in total. The Hall–Kier alpha value is -1.94. The van der Waals surface area contributed by atoms with Gasteiger partial charge in [-0.15, -0.1) is 0 Å². The van der Waals surface area contributed by atoms with Crippen molar-refractivity contribution >= 4 is 0 Å². The van der Waals surface area contributed by atoms with E-state index in [1.54, 1.807) is 12.3 Å². The second-order valence-electron chi connectivity index (χ2n) is 4.42. The number of nitrogens with zero attached hydrogens (tertiary/aromatic N) is 1. The van der Waals surface area contributed by atoms with Crippen LogP contribution in [0.1, 0.15) is 24.1 Å². The molecule has 1 N–H and O–H groups in total. The van der Waals surface area contributed by atoms with Crippen molar-refractivity contribution in [1.29, 1.82) is 0 Å². The van der Waals surface area contributed by atoms with Gasteiger partial charge in [0.05, 0.1) is 0 Å². The lowest BCUT2D eigenvalue weighted by Crippen LogP contribution is -2.13. The molecular formula is C15H17FN2O. The average Bonchev–Trinajstić information content (AvgIpc) is 2.41. The Bertz CT molecular complexity index is 572. The van der Waals surface area contributed by atoms with Crippen molar-refractivity contribution in [1.82, 2.24) is 10.3 Å². The predicted molar refractivity (Wildman–Crippen MR) is 72.9 cm³/mol. The summed E-state index contributed by atoms with van der Waals surface area (Å²) in [7, 11) is 1.88. The summed E-state index contributed by atoms with van der Waals surface area (Å²) in [6.45, 7) is 3.84. The monoisotopic (exact) mass is 260 g/mol. The van der Waals surface area contributed by atoms with Gasteiger partial charge in [0.1, 0.15) is 11.6 Å². The molecule has 2 rings (SSSR count). The van der Waals surface area contributed by atoms with Crippen molar-refractivity contribution in [2.75, 3.05) is 7.05 Å². The SMILES string of the molecule is CNC(C)c1cccnc1Oc1ccc(F)cc1C. The van der Waals surface area contributed by atoms with Crippen LogP contribution in [0.5, 0.6) is 11.6 Å². The molecule has 0 saturated carbocycles. The van der Waals surface area contributed by atoms with E-state index in [0.717, 1.165) is 11.1 Å². The molecule has 2 aromatic rings. The van der Waals surface area contributed by atoms with Gasteiger partial charge in [-0.3, -0.25) is 0 Å². The van der Waals surface area contributed by atoms with E-state index in [-0.39, 0.29) is 11.9 Å². The number of aryl methyl sites for hydroxylation is 1. The van der Waals surface area contributed by atoms with Crippen molar-refractivity contribution in [3.05, 3.63) is 53.5 Å². The highest BCUT2D eigenvalue weighted by Gasteiger charge is 2.12. The van der Waals surface area contributed by atoms with Crippen molar-refractivity contribution in [2.24, 2.45) is 0 Å². The Labute approximate surface area is 112 Å². The molecule has 1 aromatic heterocycles.